The maximum absolute atomic E-state index is 13.5. The highest BCUT2D eigenvalue weighted by molar-refractivity contribution is 6.04. The SMILES string of the molecule is CCC(C(=O)O)c1ccc(NC(=O)c2nc(-c3ccc(OC(F)F)c(OCC4CC4)c3)oc2C(C)NC(=O)OC(C)(C)C)cc1. The fourth-order valence-electron chi connectivity index (χ4n) is 4.44. The van der Waals surface area contributed by atoms with Gasteiger partial charge in [-0.3, -0.25) is 9.59 Å². The molecule has 2 unspecified atom stereocenters. The van der Waals surface area contributed by atoms with Crippen LogP contribution in [0.4, 0.5) is 19.3 Å². The third-order valence-electron chi connectivity index (χ3n) is 6.85. The van der Waals surface area contributed by atoms with Gasteiger partial charge in [0.2, 0.25) is 5.89 Å². The number of carboxylic acid groups (broad SMARTS) is 1. The van der Waals surface area contributed by atoms with Gasteiger partial charge >= 0.3 is 18.7 Å². The minimum Gasteiger partial charge on any atom is -0.489 e. The number of rotatable bonds is 13. The summed E-state index contributed by atoms with van der Waals surface area (Å²) in [4.78, 5) is 42.0. The molecule has 1 aromatic heterocycles. The Morgan fingerprint density at radius 3 is 2.36 bits per heavy atom. The number of benzene rings is 2. The van der Waals surface area contributed by atoms with E-state index in [1.807, 2.05) is 0 Å². The van der Waals surface area contributed by atoms with E-state index in [1.54, 1.807) is 58.9 Å². The molecule has 1 aliphatic carbocycles. The first-order chi connectivity index (χ1) is 21.2. The number of nitrogens with zero attached hydrogens (tertiary/aromatic N) is 1. The zero-order valence-electron chi connectivity index (χ0n) is 25.7. The minimum absolute atomic E-state index is 0.00950. The Morgan fingerprint density at radius 2 is 1.78 bits per heavy atom. The van der Waals surface area contributed by atoms with Gasteiger partial charge < -0.3 is 34.4 Å². The summed E-state index contributed by atoms with van der Waals surface area (Å²) in [5.74, 6) is -2.08. The average Bonchev–Trinajstić information content (AvgIpc) is 3.67. The summed E-state index contributed by atoms with van der Waals surface area (Å²) in [6, 6.07) is 9.69. The molecule has 2 atom stereocenters. The van der Waals surface area contributed by atoms with Gasteiger partial charge in [0.15, 0.2) is 23.0 Å². The van der Waals surface area contributed by atoms with E-state index < -0.39 is 42.1 Å². The van der Waals surface area contributed by atoms with Crippen molar-refractivity contribution in [3.63, 3.8) is 0 Å². The second kappa shape index (κ2) is 14.0. The molecule has 4 rings (SSSR count). The van der Waals surface area contributed by atoms with Crippen molar-refractivity contribution in [1.29, 1.82) is 0 Å². The zero-order chi connectivity index (χ0) is 32.9. The van der Waals surface area contributed by atoms with Crippen molar-refractivity contribution in [1.82, 2.24) is 10.3 Å². The van der Waals surface area contributed by atoms with E-state index in [4.69, 9.17) is 13.9 Å². The largest absolute Gasteiger partial charge is 0.489 e. The van der Waals surface area contributed by atoms with Crippen LogP contribution in [0.2, 0.25) is 0 Å². The lowest BCUT2D eigenvalue weighted by Gasteiger charge is -2.21. The van der Waals surface area contributed by atoms with Gasteiger partial charge in [0, 0.05) is 11.3 Å². The van der Waals surface area contributed by atoms with Crippen molar-refractivity contribution < 1.29 is 46.9 Å². The van der Waals surface area contributed by atoms with Crippen LogP contribution in [0.5, 0.6) is 11.5 Å². The molecule has 2 aromatic carbocycles. The summed E-state index contributed by atoms with van der Waals surface area (Å²) >= 11 is 0. The Hall–Kier alpha value is -4.68. The molecule has 0 spiro atoms. The van der Waals surface area contributed by atoms with Crippen molar-refractivity contribution in [3.05, 3.63) is 59.5 Å². The van der Waals surface area contributed by atoms with Crippen LogP contribution in [0, 0.1) is 5.92 Å². The van der Waals surface area contributed by atoms with Crippen LogP contribution < -0.4 is 20.1 Å². The van der Waals surface area contributed by atoms with E-state index >= 15 is 0 Å². The number of anilines is 1. The van der Waals surface area contributed by atoms with Gasteiger partial charge in [-0.2, -0.15) is 8.78 Å². The maximum atomic E-state index is 13.5. The molecule has 0 bridgehead atoms. The van der Waals surface area contributed by atoms with Gasteiger partial charge in [-0.25, -0.2) is 9.78 Å². The lowest BCUT2D eigenvalue weighted by Crippen LogP contribution is -2.34. The first-order valence-corrected chi connectivity index (χ1v) is 14.6. The van der Waals surface area contributed by atoms with Crippen LogP contribution in [-0.4, -0.2) is 46.9 Å². The number of hydrogen-bond donors (Lipinski definition) is 3. The molecule has 1 saturated carbocycles. The number of alkyl halides is 2. The highest BCUT2D eigenvalue weighted by Gasteiger charge is 2.29. The van der Waals surface area contributed by atoms with Crippen molar-refractivity contribution in [3.8, 4) is 23.0 Å². The monoisotopic (exact) mass is 629 g/mol. The second-order valence-electron chi connectivity index (χ2n) is 11.8. The lowest BCUT2D eigenvalue weighted by atomic mass is 9.96. The quantitative estimate of drug-likeness (QED) is 0.179. The molecule has 11 nitrogen and oxygen atoms in total. The lowest BCUT2D eigenvalue weighted by molar-refractivity contribution is -0.138. The molecule has 2 amide bonds. The van der Waals surface area contributed by atoms with Gasteiger partial charge in [0.05, 0.1) is 18.6 Å². The summed E-state index contributed by atoms with van der Waals surface area (Å²) < 4.78 is 47.8. The number of carboxylic acids is 1. The smallest absolute Gasteiger partial charge is 0.408 e. The molecule has 0 aliphatic heterocycles. The number of carbonyl (C=O) groups excluding carboxylic acids is 2. The van der Waals surface area contributed by atoms with Gasteiger partial charge in [-0.05, 0) is 88.8 Å². The minimum atomic E-state index is -3.06. The van der Waals surface area contributed by atoms with Crippen LogP contribution in [0.3, 0.4) is 0 Å². The standard InChI is InChI=1S/C32H37F2N3O8/c1-6-22(29(39)40)19-9-12-21(13-10-19)36-27(38)25-26(17(2)35-31(41)45-32(3,4)5)44-28(37-25)20-11-14-23(43-30(33)34)24(15-20)42-16-18-7-8-18/h9-15,17-18,22,30H,6-8,16H2,1-5H3,(H,35,41)(H,36,38)(H,39,40). The molecule has 3 N–H and O–H groups in total. The molecule has 3 aromatic rings. The van der Waals surface area contributed by atoms with Gasteiger partial charge in [-0.1, -0.05) is 19.1 Å². The van der Waals surface area contributed by atoms with E-state index in [0.717, 1.165) is 12.8 Å². The normalized spacial score (nSPS) is 14.4. The number of oxazole rings is 1. The Labute approximate surface area is 259 Å². The molecule has 13 heteroatoms. The Morgan fingerprint density at radius 1 is 1.09 bits per heavy atom. The van der Waals surface area contributed by atoms with Crippen LogP contribution in [0.25, 0.3) is 11.5 Å². The first kappa shape index (κ1) is 33.2. The Kier molecular flexibility index (Phi) is 10.3. The van der Waals surface area contributed by atoms with E-state index in [9.17, 15) is 28.3 Å². The zero-order valence-corrected chi connectivity index (χ0v) is 25.7. The number of hydrogen-bond acceptors (Lipinski definition) is 8. The van der Waals surface area contributed by atoms with Gasteiger partial charge in [0.25, 0.3) is 5.91 Å². The number of amides is 2. The number of carbonyl (C=O) groups is 3. The van der Waals surface area contributed by atoms with E-state index in [1.165, 1.54) is 18.2 Å². The van der Waals surface area contributed by atoms with Crippen molar-refractivity contribution >= 4 is 23.7 Å². The molecule has 1 heterocycles. The third-order valence-corrected chi connectivity index (χ3v) is 6.85. The first-order valence-electron chi connectivity index (χ1n) is 14.6. The van der Waals surface area contributed by atoms with Crippen LogP contribution in [-0.2, 0) is 9.53 Å². The fraction of sp³-hybridized carbons (Fsp3) is 0.438. The highest BCUT2D eigenvalue weighted by atomic mass is 19.3. The fourth-order valence-corrected chi connectivity index (χ4v) is 4.44. The predicted octanol–water partition coefficient (Wildman–Crippen LogP) is 7.15. The second-order valence-corrected chi connectivity index (χ2v) is 11.8. The Balaban J connectivity index is 1.66. The molecule has 1 aliphatic rings. The number of nitrogens with one attached hydrogen (secondary N) is 2. The topological polar surface area (TPSA) is 149 Å². The molecule has 45 heavy (non-hydrogen) atoms. The van der Waals surface area contributed by atoms with Crippen molar-refractivity contribution in [2.75, 3.05) is 11.9 Å². The summed E-state index contributed by atoms with van der Waals surface area (Å²) in [6.07, 6.45) is 1.62. The maximum Gasteiger partial charge on any atom is 0.408 e. The number of aromatic nitrogens is 1. The third kappa shape index (κ3) is 9.16. The summed E-state index contributed by atoms with van der Waals surface area (Å²) in [7, 11) is 0. The van der Waals surface area contributed by atoms with Crippen LogP contribution in [0.1, 0.15) is 87.7 Å². The molecular formula is C32H37F2N3O8. The summed E-state index contributed by atoms with van der Waals surface area (Å²) in [5.41, 5.74) is 0.343. The van der Waals surface area contributed by atoms with Crippen LogP contribution >= 0.6 is 0 Å². The molecule has 0 radical (unpaired) electrons. The number of halogens is 2. The molecule has 1 fully saturated rings. The van der Waals surface area contributed by atoms with E-state index in [-0.39, 0.29) is 28.8 Å². The molecule has 242 valence electrons. The molecule has 0 saturated heterocycles. The predicted molar refractivity (Wildman–Crippen MR) is 160 cm³/mol. The summed E-state index contributed by atoms with van der Waals surface area (Å²) in [6.45, 7) is 5.74. The molecular weight excluding hydrogens is 592 g/mol. The highest BCUT2D eigenvalue weighted by Crippen LogP contribution is 2.37. The summed E-state index contributed by atoms with van der Waals surface area (Å²) in [5, 5.41) is 14.8. The van der Waals surface area contributed by atoms with Crippen LogP contribution in [0.15, 0.2) is 46.9 Å². The van der Waals surface area contributed by atoms with Crippen molar-refractivity contribution in [2.24, 2.45) is 5.92 Å². The van der Waals surface area contributed by atoms with Crippen molar-refractivity contribution in [2.45, 2.75) is 78.1 Å². The van der Waals surface area contributed by atoms with E-state index in [2.05, 4.69) is 20.4 Å². The number of ether oxygens (including phenoxy) is 3. The average molecular weight is 630 g/mol. The number of aliphatic carboxylic acids is 1. The number of alkyl carbamates (subject to hydrolysis) is 1. The van der Waals surface area contributed by atoms with E-state index in [0.29, 0.717) is 35.8 Å². The Bertz CT molecular complexity index is 1510. The van der Waals surface area contributed by atoms with Gasteiger partial charge in [0.1, 0.15) is 5.60 Å². The van der Waals surface area contributed by atoms with Gasteiger partial charge in [-0.15, -0.1) is 0 Å².